The maximum Gasteiger partial charge on any atom is 0.263 e. The molecule has 3 heterocycles. The topological polar surface area (TPSA) is 60.1 Å². The molecule has 0 saturated carbocycles. The summed E-state index contributed by atoms with van der Waals surface area (Å²) in [6.45, 7) is 1.88. The summed E-state index contributed by atoms with van der Waals surface area (Å²) >= 11 is 6.30. The molecule has 0 unspecified atom stereocenters. The van der Waals surface area contributed by atoms with Gasteiger partial charge in [0.05, 0.1) is 10.6 Å². The van der Waals surface area contributed by atoms with Gasteiger partial charge in [0.25, 0.3) is 5.91 Å². The number of para-hydroxylation sites is 1. The van der Waals surface area contributed by atoms with Crippen LogP contribution >= 0.6 is 24.0 Å². The lowest BCUT2D eigenvalue weighted by molar-refractivity contribution is -0.115. The number of thioether (sulfide) groups is 1. The molecule has 124 valence electrons. The van der Waals surface area contributed by atoms with E-state index in [1.165, 1.54) is 11.8 Å². The predicted octanol–water partition coefficient (Wildman–Crippen LogP) is 3.93. The zero-order valence-corrected chi connectivity index (χ0v) is 14.9. The van der Waals surface area contributed by atoms with Crippen molar-refractivity contribution in [2.45, 2.75) is 6.92 Å². The molecule has 0 aliphatic carbocycles. The van der Waals surface area contributed by atoms with E-state index in [2.05, 4.69) is 10.4 Å². The molecule has 0 spiro atoms. The van der Waals surface area contributed by atoms with Crippen LogP contribution in [-0.2, 0) is 4.79 Å². The maximum absolute atomic E-state index is 12.0. The van der Waals surface area contributed by atoms with Gasteiger partial charge in [-0.15, -0.1) is 0 Å². The second kappa shape index (κ2) is 6.34. The standard InChI is InChI=1S/C18H13N3O2S2/c1-11-7-8-14(23-11)16-12(9-15-17(22)19-18(24)25-15)10-21(20-16)13-5-3-2-4-6-13/h2-10H,1H3,(H,19,22,24). The van der Waals surface area contributed by atoms with Crippen molar-refractivity contribution in [2.24, 2.45) is 0 Å². The fourth-order valence-corrected chi connectivity index (χ4v) is 3.56. The molecule has 1 aliphatic rings. The third-order valence-electron chi connectivity index (χ3n) is 3.67. The van der Waals surface area contributed by atoms with Gasteiger partial charge in [0.15, 0.2) is 5.76 Å². The predicted molar refractivity (Wildman–Crippen MR) is 102 cm³/mol. The van der Waals surface area contributed by atoms with Gasteiger partial charge < -0.3 is 9.73 Å². The molecule has 1 saturated heterocycles. The molecule has 5 nitrogen and oxygen atoms in total. The Balaban J connectivity index is 1.84. The average molecular weight is 367 g/mol. The Kier molecular flexibility index (Phi) is 4.03. The van der Waals surface area contributed by atoms with E-state index in [0.29, 0.717) is 20.7 Å². The fourth-order valence-electron chi connectivity index (χ4n) is 2.52. The summed E-state index contributed by atoms with van der Waals surface area (Å²) in [6, 6.07) is 13.5. The highest BCUT2D eigenvalue weighted by molar-refractivity contribution is 8.26. The van der Waals surface area contributed by atoms with Gasteiger partial charge >= 0.3 is 0 Å². The van der Waals surface area contributed by atoms with Crippen LogP contribution in [-0.4, -0.2) is 20.0 Å². The normalized spacial score (nSPS) is 15.8. The van der Waals surface area contributed by atoms with Crippen LogP contribution in [0.1, 0.15) is 11.3 Å². The van der Waals surface area contributed by atoms with Gasteiger partial charge in [0.2, 0.25) is 0 Å². The molecule has 1 fully saturated rings. The van der Waals surface area contributed by atoms with Gasteiger partial charge in [0, 0.05) is 11.8 Å². The quantitative estimate of drug-likeness (QED) is 0.561. The van der Waals surface area contributed by atoms with E-state index in [0.717, 1.165) is 17.0 Å². The Morgan fingerprint density at radius 1 is 1.24 bits per heavy atom. The number of nitrogens with one attached hydrogen (secondary N) is 1. The van der Waals surface area contributed by atoms with Crippen LogP contribution in [0.2, 0.25) is 0 Å². The summed E-state index contributed by atoms with van der Waals surface area (Å²) in [6.07, 6.45) is 3.67. The summed E-state index contributed by atoms with van der Waals surface area (Å²) in [7, 11) is 0. The number of furan rings is 1. The number of thiocarbonyl (C=S) groups is 1. The number of aryl methyl sites for hydroxylation is 1. The first kappa shape index (κ1) is 15.9. The Bertz CT molecular complexity index is 1000. The van der Waals surface area contributed by atoms with Gasteiger partial charge in [-0.05, 0) is 37.3 Å². The highest BCUT2D eigenvalue weighted by Crippen LogP contribution is 2.31. The van der Waals surface area contributed by atoms with Gasteiger partial charge in [-0.2, -0.15) is 5.10 Å². The molecule has 7 heteroatoms. The van der Waals surface area contributed by atoms with Crippen molar-refractivity contribution in [2.75, 3.05) is 0 Å². The van der Waals surface area contributed by atoms with Gasteiger partial charge in [0.1, 0.15) is 15.8 Å². The third-order valence-corrected chi connectivity index (χ3v) is 4.83. The molecule has 2 aromatic heterocycles. The van der Waals surface area contributed by atoms with Gasteiger partial charge in [-0.25, -0.2) is 4.68 Å². The van der Waals surface area contributed by atoms with Crippen LogP contribution in [0.25, 0.3) is 23.2 Å². The first-order valence-corrected chi connectivity index (χ1v) is 8.79. The zero-order chi connectivity index (χ0) is 17.4. The second-order valence-corrected chi connectivity index (χ2v) is 7.19. The van der Waals surface area contributed by atoms with Crippen molar-refractivity contribution in [1.29, 1.82) is 0 Å². The highest BCUT2D eigenvalue weighted by Gasteiger charge is 2.24. The van der Waals surface area contributed by atoms with Crippen molar-refractivity contribution in [3.05, 3.63) is 64.9 Å². The lowest BCUT2D eigenvalue weighted by atomic mass is 10.2. The first-order chi connectivity index (χ1) is 12.1. The average Bonchev–Trinajstić information content (AvgIpc) is 3.28. The molecule has 3 aromatic rings. The number of hydrogen-bond acceptors (Lipinski definition) is 5. The molecular formula is C18H13N3O2S2. The first-order valence-electron chi connectivity index (χ1n) is 7.57. The molecule has 1 aliphatic heterocycles. The largest absolute Gasteiger partial charge is 0.460 e. The third kappa shape index (κ3) is 3.16. The molecule has 0 atom stereocenters. The van der Waals surface area contributed by atoms with E-state index in [4.69, 9.17) is 16.6 Å². The van der Waals surface area contributed by atoms with Crippen molar-refractivity contribution in [3.8, 4) is 17.1 Å². The number of aromatic nitrogens is 2. The van der Waals surface area contributed by atoms with Crippen LogP contribution in [0.15, 0.2) is 58.0 Å². The number of amides is 1. The SMILES string of the molecule is Cc1ccc(-c2nn(-c3ccccc3)cc2C=C2SC(=S)NC2=O)o1. The number of benzene rings is 1. The Morgan fingerprint density at radius 3 is 2.68 bits per heavy atom. The van der Waals surface area contributed by atoms with Crippen molar-refractivity contribution >= 4 is 40.3 Å². The minimum absolute atomic E-state index is 0.191. The van der Waals surface area contributed by atoms with Crippen LogP contribution in [0.3, 0.4) is 0 Å². The van der Waals surface area contributed by atoms with Crippen molar-refractivity contribution in [3.63, 3.8) is 0 Å². The number of carbonyl (C=O) groups is 1. The summed E-state index contributed by atoms with van der Waals surface area (Å²) < 4.78 is 7.97. The molecule has 4 rings (SSSR count). The molecule has 0 bridgehead atoms. The smallest absolute Gasteiger partial charge is 0.263 e. The van der Waals surface area contributed by atoms with Gasteiger partial charge in [-0.3, -0.25) is 4.79 Å². The molecule has 1 amide bonds. The van der Waals surface area contributed by atoms with Crippen LogP contribution in [0, 0.1) is 6.92 Å². The van der Waals surface area contributed by atoms with E-state index in [1.54, 1.807) is 10.8 Å². The number of hydrogen-bond donors (Lipinski definition) is 1. The van der Waals surface area contributed by atoms with Crippen LogP contribution in [0.5, 0.6) is 0 Å². The van der Waals surface area contributed by atoms with E-state index in [-0.39, 0.29) is 5.91 Å². The highest BCUT2D eigenvalue weighted by atomic mass is 32.2. The van der Waals surface area contributed by atoms with Crippen molar-refractivity contribution < 1.29 is 9.21 Å². The van der Waals surface area contributed by atoms with Crippen LogP contribution in [0.4, 0.5) is 0 Å². The van der Waals surface area contributed by atoms with E-state index in [1.807, 2.05) is 55.6 Å². The molecular weight excluding hydrogens is 354 g/mol. The number of carbonyl (C=O) groups excluding carboxylic acids is 1. The molecule has 0 radical (unpaired) electrons. The van der Waals surface area contributed by atoms with E-state index >= 15 is 0 Å². The molecule has 25 heavy (non-hydrogen) atoms. The minimum atomic E-state index is -0.191. The van der Waals surface area contributed by atoms with Crippen LogP contribution < -0.4 is 5.32 Å². The van der Waals surface area contributed by atoms with E-state index < -0.39 is 0 Å². The summed E-state index contributed by atoms with van der Waals surface area (Å²) in [5.41, 5.74) is 2.40. The Hall–Kier alpha value is -2.64. The molecule has 1 aromatic carbocycles. The number of nitrogens with zero attached hydrogens (tertiary/aromatic N) is 2. The molecule has 1 N–H and O–H groups in total. The minimum Gasteiger partial charge on any atom is -0.460 e. The number of rotatable bonds is 3. The monoisotopic (exact) mass is 367 g/mol. The lowest BCUT2D eigenvalue weighted by Gasteiger charge is -1.98. The summed E-state index contributed by atoms with van der Waals surface area (Å²) in [5.74, 6) is 1.27. The Morgan fingerprint density at radius 2 is 2.04 bits per heavy atom. The summed E-state index contributed by atoms with van der Waals surface area (Å²) in [5, 5.41) is 7.28. The second-order valence-electron chi connectivity index (χ2n) is 5.48. The fraction of sp³-hybridized carbons (Fsp3) is 0.0556. The summed E-state index contributed by atoms with van der Waals surface area (Å²) in [4.78, 5) is 12.5. The zero-order valence-electron chi connectivity index (χ0n) is 13.2. The van der Waals surface area contributed by atoms with Gasteiger partial charge in [-0.1, -0.05) is 42.2 Å². The maximum atomic E-state index is 12.0. The van der Waals surface area contributed by atoms with E-state index in [9.17, 15) is 4.79 Å². The Labute approximate surface area is 153 Å². The lowest BCUT2D eigenvalue weighted by Crippen LogP contribution is -2.17. The van der Waals surface area contributed by atoms with Crippen molar-refractivity contribution in [1.82, 2.24) is 15.1 Å².